The first-order valence-corrected chi connectivity index (χ1v) is 7.35. The summed E-state index contributed by atoms with van der Waals surface area (Å²) in [5.41, 5.74) is 0.680. The van der Waals surface area contributed by atoms with Gasteiger partial charge in [0, 0.05) is 24.6 Å². The molecule has 0 radical (unpaired) electrons. The van der Waals surface area contributed by atoms with Crippen LogP contribution in [-0.4, -0.2) is 34.5 Å². The monoisotopic (exact) mass is 288 g/mol. The van der Waals surface area contributed by atoms with Crippen LogP contribution >= 0.6 is 0 Å². The number of fused-ring (bicyclic) bond motifs is 1. The molecule has 2 unspecified atom stereocenters. The first kappa shape index (κ1) is 12.8. The summed E-state index contributed by atoms with van der Waals surface area (Å²) in [6.45, 7) is 2.21. The van der Waals surface area contributed by atoms with E-state index >= 15 is 0 Å². The van der Waals surface area contributed by atoms with Gasteiger partial charge in [-0.15, -0.1) is 0 Å². The Morgan fingerprint density at radius 3 is 3.00 bits per heavy atom. The van der Waals surface area contributed by atoms with Crippen molar-refractivity contribution in [3.63, 3.8) is 0 Å². The maximum Gasteiger partial charge on any atom is 0.221 e. The van der Waals surface area contributed by atoms with Gasteiger partial charge in [-0.3, -0.25) is 0 Å². The molecule has 5 nitrogen and oxygen atoms in total. The van der Waals surface area contributed by atoms with Gasteiger partial charge in [0.1, 0.15) is 5.82 Å². The van der Waals surface area contributed by atoms with Crippen molar-refractivity contribution < 1.29 is 9.13 Å². The Morgan fingerprint density at radius 1 is 1.29 bits per heavy atom. The smallest absolute Gasteiger partial charge is 0.221 e. The molecule has 1 saturated heterocycles. The maximum absolute atomic E-state index is 14.1. The van der Waals surface area contributed by atoms with Crippen molar-refractivity contribution in [2.75, 3.05) is 25.1 Å². The molecule has 0 spiro atoms. The number of hydrogen-bond acceptors (Lipinski definition) is 4. The molecule has 0 saturated carbocycles. The van der Waals surface area contributed by atoms with E-state index in [1.165, 1.54) is 6.07 Å². The summed E-state index contributed by atoms with van der Waals surface area (Å²) in [5.74, 6) is 1.61. The fourth-order valence-electron chi connectivity index (χ4n) is 3.06. The van der Waals surface area contributed by atoms with Gasteiger partial charge in [0.25, 0.3) is 0 Å². The molecule has 1 fully saturated rings. The quantitative estimate of drug-likeness (QED) is 0.921. The fraction of sp³-hybridized carbons (Fsp3) is 0.467. The van der Waals surface area contributed by atoms with E-state index in [4.69, 9.17) is 4.74 Å². The number of aromatic nitrogens is 3. The van der Waals surface area contributed by atoms with Crippen molar-refractivity contribution in [1.29, 1.82) is 0 Å². The second-order valence-corrected chi connectivity index (χ2v) is 5.55. The van der Waals surface area contributed by atoms with Crippen molar-refractivity contribution >= 4 is 5.95 Å². The summed E-state index contributed by atoms with van der Waals surface area (Å²) in [6, 6.07) is 6.81. The third kappa shape index (κ3) is 2.19. The van der Waals surface area contributed by atoms with Crippen LogP contribution in [-0.2, 0) is 4.74 Å². The second kappa shape index (κ2) is 5.11. The number of hydrogen-bond donors (Lipinski definition) is 1. The Balaban J connectivity index is 1.72. The van der Waals surface area contributed by atoms with Crippen LogP contribution in [0.25, 0.3) is 0 Å². The molecule has 110 valence electrons. The van der Waals surface area contributed by atoms with Gasteiger partial charge in [0.2, 0.25) is 5.95 Å². The molecule has 2 aliphatic rings. The van der Waals surface area contributed by atoms with E-state index in [0.717, 1.165) is 37.8 Å². The Bertz CT molecular complexity index is 651. The lowest BCUT2D eigenvalue weighted by Crippen LogP contribution is -2.25. The molecule has 3 heterocycles. The third-order valence-electron chi connectivity index (χ3n) is 4.20. The highest BCUT2D eigenvalue weighted by Gasteiger charge is 2.29. The van der Waals surface area contributed by atoms with Crippen LogP contribution in [0.3, 0.4) is 0 Å². The van der Waals surface area contributed by atoms with Crippen molar-refractivity contribution in [3.8, 4) is 0 Å². The SMILES string of the molecule is Fc1ccccc1C1CCNc2nc(C3CCOC3)nn21. The van der Waals surface area contributed by atoms with Crippen LogP contribution in [0.2, 0.25) is 0 Å². The summed E-state index contributed by atoms with van der Waals surface area (Å²) in [6.07, 6.45) is 1.76. The normalized spacial score (nSPS) is 24.6. The number of benzene rings is 1. The van der Waals surface area contributed by atoms with E-state index in [-0.39, 0.29) is 17.8 Å². The minimum Gasteiger partial charge on any atom is -0.381 e. The Kier molecular flexibility index (Phi) is 3.11. The Hall–Kier alpha value is -1.95. The molecule has 2 aliphatic heterocycles. The van der Waals surface area contributed by atoms with Gasteiger partial charge in [-0.25, -0.2) is 9.07 Å². The summed E-state index contributed by atoms with van der Waals surface area (Å²) < 4.78 is 21.3. The van der Waals surface area contributed by atoms with E-state index in [0.29, 0.717) is 12.2 Å². The molecule has 1 N–H and O–H groups in total. The summed E-state index contributed by atoms with van der Waals surface area (Å²) in [4.78, 5) is 4.58. The minimum absolute atomic E-state index is 0.0916. The van der Waals surface area contributed by atoms with Crippen LogP contribution in [0.5, 0.6) is 0 Å². The lowest BCUT2D eigenvalue weighted by Gasteiger charge is -2.24. The zero-order valence-electron chi connectivity index (χ0n) is 11.6. The number of nitrogens with zero attached hydrogens (tertiary/aromatic N) is 3. The highest BCUT2D eigenvalue weighted by molar-refractivity contribution is 5.34. The van der Waals surface area contributed by atoms with Crippen molar-refractivity contribution in [2.45, 2.75) is 24.8 Å². The Morgan fingerprint density at radius 2 is 2.19 bits per heavy atom. The molecular formula is C15H17FN4O. The molecule has 2 atom stereocenters. The fourth-order valence-corrected chi connectivity index (χ4v) is 3.06. The predicted octanol–water partition coefficient (Wildman–Crippen LogP) is 2.33. The summed E-state index contributed by atoms with van der Waals surface area (Å²) in [7, 11) is 0. The van der Waals surface area contributed by atoms with Crippen molar-refractivity contribution in [3.05, 3.63) is 41.5 Å². The van der Waals surface area contributed by atoms with Gasteiger partial charge in [0.05, 0.1) is 12.6 Å². The van der Waals surface area contributed by atoms with Crippen LogP contribution in [0, 0.1) is 5.82 Å². The summed E-state index contributed by atoms with van der Waals surface area (Å²) >= 11 is 0. The van der Waals surface area contributed by atoms with Crippen molar-refractivity contribution in [1.82, 2.24) is 14.8 Å². The zero-order valence-corrected chi connectivity index (χ0v) is 11.6. The topological polar surface area (TPSA) is 52.0 Å². The first-order valence-electron chi connectivity index (χ1n) is 7.35. The van der Waals surface area contributed by atoms with Gasteiger partial charge in [-0.2, -0.15) is 10.1 Å². The molecule has 21 heavy (non-hydrogen) atoms. The standard InChI is InChI=1S/C15H17FN4O/c16-12-4-2-1-3-11(12)13-5-7-17-15-18-14(19-20(13)15)10-6-8-21-9-10/h1-4,10,13H,5-9H2,(H,17,18,19). The lowest BCUT2D eigenvalue weighted by molar-refractivity contribution is 0.193. The molecule has 2 aromatic rings. The number of rotatable bonds is 2. The van der Waals surface area contributed by atoms with Crippen LogP contribution in [0.4, 0.5) is 10.3 Å². The largest absolute Gasteiger partial charge is 0.381 e. The van der Waals surface area contributed by atoms with Crippen LogP contribution in [0.15, 0.2) is 24.3 Å². The van der Waals surface area contributed by atoms with Crippen LogP contribution in [0.1, 0.15) is 36.2 Å². The number of nitrogens with one attached hydrogen (secondary N) is 1. The maximum atomic E-state index is 14.1. The predicted molar refractivity (Wildman–Crippen MR) is 75.8 cm³/mol. The van der Waals surface area contributed by atoms with Gasteiger partial charge >= 0.3 is 0 Å². The molecule has 0 amide bonds. The Labute approximate surface area is 122 Å². The lowest BCUT2D eigenvalue weighted by atomic mass is 10.0. The zero-order chi connectivity index (χ0) is 14.2. The molecular weight excluding hydrogens is 271 g/mol. The molecule has 0 aliphatic carbocycles. The van der Waals surface area contributed by atoms with E-state index < -0.39 is 0 Å². The molecule has 4 rings (SSSR count). The van der Waals surface area contributed by atoms with Gasteiger partial charge < -0.3 is 10.1 Å². The highest BCUT2D eigenvalue weighted by Crippen LogP contribution is 2.32. The van der Waals surface area contributed by atoms with Gasteiger partial charge in [0.15, 0.2) is 5.82 Å². The molecule has 1 aromatic heterocycles. The molecule has 6 heteroatoms. The van der Waals surface area contributed by atoms with E-state index in [1.807, 2.05) is 16.8 Å². The van der Waals surface area contributed by atoms with Gasteiger partial charge in [-0.05, 0) is 18.9 Å². The minimum atomic E-state index is -0.184. The van der Waals surface area contributed by atoms with E-state index in [9.17, 15) is 4.39 Å². The number of halogens is 1. The second-order valence-electron chi connectivity index (χ2n) is 5.55. The first-order chi connectivity index (χ1) is 10.3. The van der Waals surface area contributed by atoms with Crippen LogP contribution < -0.4 is 5.32 Å². The van der Waals surface area contributed by atoms with Gasteiger partial charge in [-0.1, -0.05) is 18.2 Å². The molecule has 1 aromatic carbocycles. The third-order valence-corrected chi connectivity index (χ3v) is 4.20. The average Bonchev–Trinajstić information content (AvgIpc) is 3.16. The van der Waals surface area contributed by atoms with E-state index in [1.54, 1.807) is 6.07 Å². The van der Waals surface area contributed by atoms with E-state index in [2.05, 4.69) is 15.4 Å². The highest BCUT2D eigenvalue weighted by atomic mass is 19.1. The molecule has 0 bridgehead atoms. The number of anilines is 1. The average molecular weight is 288 g/mol. The summed E-state index contributed by atoms with van der Waals surface area (Å²) in [5, 5.41) is 7.88. The van der Waals surface area contributed by atoms with Crippen molar-refractivity contribution in [2.24, 2.45) is 0 Å². The number of ether oxygens (including phenoxy) is 1.